The van der Waals surface area contributed by atoms with Gasteiger partial charge >= 0.3 is 6.03 Å². The van der Waals surface area contributed by atoms with Gasteiger partial charge in [0.2, 0.25) is 0 Å². The van der Waals surface area contributed by atoms with Crippen LogP contribution in [0.1, 0.15) is 35.7 Å². The van der Waals surface area contributed by atoms with Crippen molar-refractivity contribution in [3.05, 3.63) is 59.7 Å². The van der Waals surface area contributed by atoms with Crippen molar-refractivity contribution >= 4 is 17.6 Å². The van der Waals surface area contributed by atoms with Crippen LogP contribution < -0.4 is 20.7 Å². The van der Waals surface area contributed by atoms with Gasteiger partial charge in [-0.1, -0.05) is 37.3 Å². The Hall–Kier alpha value is -3.46. The summed E-state index contributed by atoms with van der Waals surface area (Å²) >= 11 is 0. The van der Waals surface area contributed by atoms with Crippen molar-refractivity contribution in [2.24, 2.45) is 0 Å². The maximum atomic E-state index is 12.0. The molecule has 6 nitrogen and oxygen atoms in total. The first-order chi connectivity index (χ1) is 13.6. The fourth-order valence-electron chi connectivity index (χ4n) is 2.33. The Morgan fingerprint density at radius 2 is 1.82 bits per heavy atom. The zero-order chi connectivity index (χ0) is 20.2. The van der Waals surface area contributed by atoms with Crippen molar-refractivity contribution in [3.8, 4) is 17.6 Å². The van der Waals surface area contributed by atoms with Crippen LogP contribution in [0.2, 0.25) is 0 Å². The molecule has 0 aromatic heterocycles. The smallest absolute Gasteiger partial charge is 0.319 e. The van der Waals surface area contributed by atoms with E-state index in [0.29, 0.717) is 23.4 Å². The highest BCUT2D eigenvalue weighted by molar-refractivity contribution is 5.96. The van der Waals surface area contributed by atoms with Gasteiger partial charge in [0.1, 0.15) is 5.75 Å². The first-order valence-electron chi connectivity index (χ1n) is 9.21. The van der Waals surface area contributed by atoms with Crippen molar-refractivity contribution in [1.29, 1.82) is 0 Å². The lowest BCUT2D eigenvalue weighted by Gasteiger charge is -2.08. The molecule has 0 bridgehead atoms. The number of hydrogen-bond donors (Lipinski definition) is 3. The molecular formula is C22H25N3O3. The van der Waals surface area contributed by atoms with E-state index in [1.165, 1.54) is 0 Å². The molecule has 0 saturated carbocycles. The van der Waals surface area contributed by atoms with Crippen molar-refractivity contribution in [3.63, 3.8) is 0 Å². The highest BCUT2D eigenvalue weighted by Crippen LogP contribution is 2.15. The summed E-state index contributed by atoms with van der Waals surface area (Å²) in [5, 5.41) is 7.98. The molecule has 0 radical (unpaired) electrons. The van der Waals surface area contributed by atoms with E-state index in [1.54, 1.807) is 37.4 Å². The van der Waals surface area contributed by atoms with Gasteiger partial charge in [-0.2, -0.15) is 0 Å². The van der Waals surface area contributed by atoms with Crippen LogP contribution in [0.4, 0.5) is 10.5 Å². The normalized spacial score (nSPS) is 9.64. The van der Waals surface area contributed by atoms with Crippen molar-refractivity contribution < 1.29 is 14.3 Å². The first kappa shape index (κ1) is 20.8. The number of rotatable bonds is 7. The fraction of sp³-hybridized carbons (Fsp3) is 0.273. The maximum absolute atomic E-state index is 12.0. The SMILES string of the molecule is CCCCOc1ccc(NC(=O)NCC#Cc2ccccc2C(=O)NC)cc1. The minimum absolute atomic E-state index is 0.159. The number of hydrogen-bond acceptors (Lipinski definition) is 3. The first-order valence-corrected chi connectivity index (χ1v) is 9.21. The summed E-state index contributed by atoms with van der Waals surface area (Å²) in [5.41, 5.74) is 1.78. The molecule has 0 fully saturated rings. The number of ether oxygens (including phenoxy) is 1. The Morgan fingerprint density at radius 1 is 1.07 bits per heavy atom. The standard InChI is InChI=1S/C22H25N3O3/c1-3-4-16-28-19-13-11-18(12-14-19)25-22(27)24-15-7-9-17-8-5-6-10-20(17)21(26)23-2/h5-6,8,10-14H,3-4,15-16H2,1-2H3,(H,23,26)(H2,24,25,27). The Kier molecular flexibility index (Phi) is 8.41. The summed E-state index contributed by atoms with van der Waals surface area (Å²) in [6.45, 7) is 2.96. The van der Waals surface area contributed by atoms with Crippen LogP contribution in [0, 0.1) is 11.8 Å². The van der Waals surface area contributed by atoms with Crippen molar-refractivity contribution in [2.75, 3.05) is 25.5 Å². The van der Waals surface area contributed by atoms with Crippen molar-refractivity contribution in [2.45, 2.75) is 19.8 Å². The minimum atomic E-state index is -0.353. The molecule has 0 saturated heterocycles. The van der Waals surface area contributed by atoms with Crippen LogP contribution in [-0.4, -0.2) is 32.1 Å². The summed E-state index contributed by atoms with van der Waals surface area (Å²) in [6.07, 6.45) is 2.09. The number of anilines is 1. The number of carbonyl (C=O) groups excluding carboxylic acids is 2. The van der Waals surface area contributed by atoms with E-state index in [4.69, 9.17) is 4.74 Å². The Labute approximate surface area is 165 Å². The average molecular weight is 379 g/mol. The summed E-state index contributed by atoms with van der Waals surface area (Å²) in [4.78, 5) is 23.8. The van der Waals surface area contributed by atoms with Crippen LogP contribution in [0.5, 0.6) is 5.75 Å². The molecule has 2 rings (SSSR count). The van der Waals surface area contributed by atoms with Crippen LogP contribution in [0.15, 0.2) is 48.5 Å². The Bertz CT molecular complexity index is 851. The fourth-order valence-corrected chi connectivity index (χ4v) is 2.33. The predicted octanol–water partition coefficient (Wildman–Crippen LogP) is 3.40. The molecule has 146 valence electrons. The summed E-state index contributed by atoms with van der Waals surface area (Å²) in [5.74, 6) is 6.34. The van der Waals surface area contributed by atoms with Gasteiger partial charge in [0.25, 0.3) is 5.91 Å². The molecule has 28 heavy (non-hydrogen) atoms. The number of amides is 3. The van der Waals surface area contributed by atoms with E-state index >= 15 is 0 Å². The Morgan fingerprint density at radius 3 is 2.54 bits per heavy atom. The van der Waals surface area contributed by atoms with E-state index in [0.717, 1.165) is 18.6 Å². The molecular weight excluding hydrogens is 354 g/mol. The number of nitrogens with one attached hydrogen (secondary N) is 3. The average Bonchev–Trinajstić information content (AvgIpc) is 2.72. The van der Waals surface area contributed by atoms with Crippen molar-refractivity contribution in [1.82, 2.24) is 10.6 Å². The number of urea groups is 1. The van der Waals surface area contributed by atoms with Gasteiger partial charge in [-0.3, -0.25) is 4.79 Å². The summed E-state index contributed by atoms with van der Waals surface area (Å²) in [7, 11) is 1.57. The molecule has 0 heterocycles. The molecule has 0 aliphatic rings. The van der Waals surface area contributed by atoms with Gasteiger partial charge in [-0.15, -0.1) is 0 Å². The lowest BCUT2D eigenvalue weighted by molar-refractivity contribution is 0.0963. The monoisotopic (exact) mass is 379 g/mol. The topological polar surface area (TPSA) is 79.5 Å². The zero-order valence-electron chi connectivity index (χ0n) is 16.2. The third kappa shape index (κ3) is 6.69. The molecule has 6 heteroatoms. The summed E-state index contributed by atoms with van der Waals surface area (Å²) in [6, 6.07) is 13.9. The molecule has 2 aromatic carbocycles. The van der Waals surface area contributed by atoms with Gasteiger partial charge in [0, 0.05) is 18.3 Å². The van der Waals surface area contributed by atoms with E-state index in [9.17, 15) is 9.59 Å². The van der Waals surface area contributed by atoms with E-state index in [2.05, 4.69) is 34.7 Å². The highest BCUT2D eigenvalue weighted by atomic mass is 16.5. The second-order valence-electron chi connectivity index (χ2n) is 5.96. The van der Waals surface area contributed by atoms with Gasteiger partial charge < -0.3 is 20.7 Å². The van der Waals surface area contributed by atoms with Crippen LogP contribution in [0.25, 0.3) is 0 Å². The number of unbranched alkanes of at least 4 members (excludes halogenated alkanes) is 1. The predicted molar refractivity (Wildman–Crippen MR) is 111 cm³/mol. The second-order valence-corrected chi connectivity index (χ2v) is 5.96. The van der Waals surface area contributed by atoms with Gasteiger partial charge in [0.15, 0.2) is 0 Å². The van der Waals surface area contributed by atoms with Crippen LogP contribution in [-0.2, 0) is 0 Å². The van der Waals surface area contributed by atoms with Gasteiger partial charge in [0.05, 0.1) is 18.7 Å². The third-order valence-electron chi connectivity index (χ3n) is 3.84. The molecule has 0 aliphatic carbocycles. The van der Waals surface area contributed by atoms with Crippen LogP contribution in [0.3, 0.4) is 0 Å². The lowest BCUT2D eigenvalue weighted by Crippen LogP contribution is -2.28. The minimum Gasteiger partial charge on any atom is -0.494 e. The summed E-state index contributed by atoms with van der Waals surface area (Å²) < 4.78 is 5.59. The molecule has 3 amide bonds. The van der Waals surface area contributed by atoms with Gasteiger partial charge in [-0.25, -0.2) is 4.79 Å². The molecule has 0 spiro atoms. The molecule has 0 atom stereocenters. The largest absolute Gasteiger partial charge is 0.494 e. The van der Waals surface area contributed by atoms with Crippen LogP contribution >= 0.6 is 0 Å². The third-order valence-corrected chi connectivity index (χ3v) is 3.84. The van der Waals surface area contributed by atoms with E-state index in [1.807, 2.05) is 18.2 Å². The van der Waals surface area contributed by atoms with Gasteiger partial charge in [-0.05, 0) is 42.8 Å². The number of benzene rings is 2. The molecule has 3 N–H and O–H groups in total. The highest BCUT2D eigenvalue weighted by Gasteiger charge is 2.06. The second kappa shape index (κ2) is 11.3. The molecule has 0 unspecified atom stereocenters. The molecule has 0 aliphatic heterocycles. The molecule has 2 aromatic rings. The number of carbonyl (C=O) groups is 2. The zero-order valence-corrected chi connectivity index (χ0v) is 16.2. The Balaban J connectivity index is 1.83. The quantitative estimate of drug-likeness (QED) is 0.510. The van der Waals surface area contributed by atoms with E-state index in [-0.39, 0.29) is 18.5 Å². The maximum Gasteiger partial charge on any atom is 0.319 e. The van der Waals surface area contributed by atoms with E-state index < -0.39 is 0 Å². The lowest BCUT2D eigenvalue weighted by atomic mass is 10.1.